The Labute approximate surface area is 217 Å². The van der Waals surface area contributed by atoms with Crippen molar-refractivity contribution in [2.45, 2.75) is 65.6 Å². The maximum atomic E-state index is 12.2. The van der Waals surface area contributed by atoms with Gasteiger partial charge in [-0.05, 0) is 64.8 Å². The average molecular weight is 506 g/mol. The van der Waals surface area contributed by atoms with Gasteiger partial charge in [-0.2, -0.15) is 0 Å². The highest BCUT2D eigenvalue weighted by Crippen LogP contribution is 2.29. The lowest BCUT2D eigenvalue weighted by Gasteiger charge is -2.21. The molecule has 0 bridgehead atoms. The van der Waals surface area contributed by atoms with Crippen molar-refractivity contribution in [2.75, 3.05) is 28.6 Å². The van der Waals surface area contributed by atoms with Crippen molar-refractivity contribution in [3.63, 3.8) is 0 Å². The van der Waals surface area contributed by atoms with E-state index in [1.54, 1.807) is 13.1 Å². The van der Waals surface area contributed by atoms with Gasteiger partial charge in [-0.25, -0.2) is 19.7 Å². The highest BCUT2D eigenvalue weighted by atomic mass is 16.6. The number of aromatic nitrogens is 3. The molecule has 10 nitrogen and oxygen atoms in total. The molecule has 0 aliphatic carbocycles. The van der Waals surface area contributed by atoms with Gasteiger partial charge in [0.1, 0.15) is 23.1 Å². The summed E-state index contributed by atoms with van der Waals surface area (Å²) in [5.74, 6) is 2.16. The molecule has 10 heteroatoms. The van der Waals surface area contributed by atoms with E-state index >= 15 is 0 Å². The molecule has 0 saturated carbocycles. The van der Waals surface area contributed by atoms with Crippen LogP contribution in [0.15, 0.2) is 36.5 Å². The lowest BCUT2D eigenvalue weighted by Crippen LogP contribution is -2.35. The number of nitrogens with zero attached hydrogens (tertiary/aromatic N) is 4. The number of anilines is 3. The van der Waals surface area contributed by atoms with Crippen molar-refractivity contribution < 1.29 is 14.3 Å². The van der Waals surface area contributed by atoms with Crippen LogP contribution in [-0.2, 0) is 9.53 Å². The normalized spacial score (nSPS) is 16.4. The summed E-state index contributed by atoms with van der Waals surface area (Å²) in [5.41, 5.74) is 1.81. The fourth-order valence-electron chi connectivity index (χ4n) is 4.39. The summed E-state index contributed by atoms with van der Waals surface area (Å²) >= 11 is 0. The number of hydrogen-bond acceptors (Lipinski definition) is 8. The SMILES string of the molecule is CC(=O)N[C@@H]1CCN(c2cc3c(N[C@@H](C)c4cccc(NC(=O)OC(C)(C)C)c4)nc(C)nc3cn2)C1. The molecule has 4 rings (SSSR count). The molecule has 1 aliphatic rings. The zero-order valence-corrected chi connectivity index (χ0v) is 22.3. The largest absolute Gasteiger partial charge is 0.444 e. The van der Waals surface area contributed by atoms with Crippen LogP contribution in [0, 0.1) is 6.92 Å². The Morgan fingerprint density at radius 2 is 1.97 bits per heavy atom. The van der Waals surface area contributed by atoms with Crippen LogP contribution in [0.2, 0.25) is 0 Å². The van der Waals surface area contributed by atoms with Gasteiger partial charge in [0, 0.05) is 37.1 Å². The summed E-state index contributed by atoms with van der Waals surface area (Å²) in [6.07, 6.45) is 2.15. The van der Waals surface area contributed by atoms with E-state index in [4.69, 9.17) is 4.74 Å². The molecule has 2 aromatic heterocycles. The Hall–Kier alpha value is -3.95. The Balaban J connectivity index is 1.54. The van der Waals surface area contributed by atoms with Crippen molar-refractivity contribution in [1.82, 2.24) is 20.3 Å². The second-order valence-corrected chi connectivity index (χ2v) is 10.4. The zero-order chi connectivity index (χ0) is 26.7. The summed E-state index contributed by atoms with van der Waals surface area (Å²) in [4.78, 5) is 39.7. The predicted octanol–water partition coefficient (Wildman–Crippen LogP) is 4.57. The Kier molecular flexibility index (Phi) is 7.47. The van der Waals surface area contributed by atoms with Crippen molar-refractivity contribution in [1.29, 1.82) is 0 Å². The molecular formula is C27H35N7O3. The number of benzene rings is 1. The molecular weight excluding hydrogens is 470 g/mol. The highest BCUT2D eigenvalue weighted by molar-refractivity contribution is 5.91. The van der Waals surface area contributed by atoms with Gasteiger partial charge in [0.15, 0.2) is 0 Å². The van der Waals surface area contributed by atoms with E-state index in [2.05, 4.69) is 35.8 Å². The average Bonchev–Trinajstić information content (AvgIpc) is 3.25. The van der Waals surface area contributed by atoms with E-state index in [1.807, 2.05) is 65.0 Å². The minimum atomic E-state index is -0.573. The van der Waals surface area contributed by atoms with Gasteiger partial charge in [-0.3, -0.25) is 10.1 Å². The summed E-state index contributed by atoms with van der Waals surface area (Å²) in [6.45, 7) is 12.4. The smallest absolute Gasteiger partial charge is 0.412 e. The molecule has 0 spiro atoms. The van der Waals surface area contributed by atoms with Gasteiger partial charge in [-0.1, -0.05) is 12.1 Å². The minimum Gasteiger partial charge on any atom is -0.444 e. The van der Waals surface area contributed by atoms with Gasteiger partial charge in [0.25, 0.3) is 0 Å². The van der Waals surface area contributed by atoms with E-state index in [-0.39, 0.29) is 18.0 Å². The first-order valence-electron chi connectivity index (χ1n) is 12.5. The molecule has 1 saturated heterocycles. The lowest BCUT2D eigenvalue weighted by atomic mass is 10.1. The molecule has 1 aromatic carbocycles. The van der Waals surface area contributed by atoms with E-state index < -0.39 is 11.7 Å². The van der Waals surface area contributed by atoms with Crippen LogP contribution in [0.3, 0.4) is 0 Å². The molecule has 0 radical (unpaired) electrons. The fourth-order valence-corrected chi connectivity index (χ4v) is 4.39. The topological polar surface area (TPSA) is 121 Å². The second kappa shape index (κ2) is 10.6. The van der Waals surface area contributed by atoms with E-state index in [9.17, 15) is 9.59 Å². The van der Waals surface area contributed by atoms with Crippen molar-refractivity contribution in [2.24, 2.45) is 0 Å². The molecule has 3 aromatic rings. The first-order valence-corrected chi connectivity index (χ1v) is 12.5. The summed E-state index contributed by atoms with van der Waals surface area (Å²) in [6, 6.07) is 9.64. The Morgan fingerprint density at radius 1 is 1.19 bits per heavy atom. The van der Waals surface area contributed by atoms with Crippen LogP contribution in [0.4, 0.5) is 22.1 Å². The molecule has 1 fully saturated rings. The van der Waals surface area contributed by atoms with Crippen LogP contribution < -0.4 is 20.9 Å². The van der Waals surface area contributed by atoms with E-state index in [0.717, 1.165) is 35.2 Å². The highest BCUT2D eigenvalue weighted by Gasteiger charge is 2.25. The van der Waals surface area contributed by atoms with Crippen LogP contribution in [-0.4, -0.2) is 51.7 Å². The van der Waals surface area contributed by atoms with Crippen LogP contribution in [0.5, 0.6) is 0 Å². The summed E-state index contributed by atoms with van der Waals surface area (Å²) < 4.78 is 5.36. The van der Waals surface area contributed by atoms with Gasteiger partial charge in [0.2, 0.25) is 5.91 Å². The number of nitrogens with one attached hydrogen (secondary N) is 3. The standard InChI is InChI=1S/C27H35N7O3/c1-16(19-8-7-9-20(12-19)33-26(36)37-27(4,5)6)29-25-22-13-24(28-14-23(22)30-17(2)31-25)34-11-10-21(15-34)32-18(3)35/h7-9,12-14,16,21H,10-11,15H2,1-6H3,(H,32,35)(H,33,36)(H,29,30,31)/t16-,21+/m0/s1. The Morgan fingerprint density at radius 3 is 2.70 bits per heavy atom. The van der Waals surface area contributed by atoms with Gasteiger partial charge >= 0.3 is 6.09 Å². The lowest BCUT2D eigenvalue weighted by molar-refractivity contribution is -0.119. The molecule has 3 N–H and O–H groups in total. The molecule has 196 valence electrons. The number of rotatable bonds is 6. The quantitative estimate of drug-likeness (QED) is 0.446. The maximum absolute atomic E-state index is 12.2. The minimum absolute atomic E-state index is 0.0203. The number of ether oxygens (including phenoxy) is 1. The van der Waals surface area contributed by atoms with E-state index in [1.165, 1.54) is 0 Å². The molecule has 1 aliphatic heterocycles. The number of fused-ring (bicyclic) bond motifs is 1. The molecule has 3 heterocycles. The molecule has 2 atom stereocenters. The third-order valence-electron chi connectivity index (χ3n) is 5.98. The summed E-state index contributed by atoms with van der Waals surface area (Å²) in [5, 5.41) is 10.2. The second-order valence-electron chi connectivity index (χ2n) is 10.4. The van der Waals surface area contributed by atoms with Gasteiger partial charge in [-0.15, -0.1) is 0 Å². The number of pyridine rings is 1. The fraction of sp³-hybridized carbons (Fsp3) is 0.444. The first-order chi connectivity index (χ1) is 17.5. The van der Waals surface area contributed by atoms with Crippen molar-refractivity contribution in [3.8, 4) is 0 Å². The number of aryl methyl sites for hydroxylation is 1. The number of carbonyl (C=O) groups excluding carboxylic acids is 2. The number of carbonyl (C=O) groups is 2. The van der Waals surface area contributed by atoms with Crippen LogP contribution in [0.1, 0.15) is 58.5 Å². The molecule has 2 amide bonds. The Bertz CT molecular complexity index is 1300. The van der Waals surface area contributed by atoms with Crippen molar-refractivity contribution in [3.05, 3.63) is 47.9 Å². The summed E-state index contributed by atoms with van der Waals surface area (Å²) in [7, 11) is 0. The third kappa shape index (κ3) is 6.84. The monoisotopic (exact) mass is 505 g/mol. The van der Waals surface area contributed by atoms with Gasteiger partial charge in [0.05, 0.1) is 17.8 Å². The molecule has 37 heavy (non-hydrogen) atoms. The van der Waals surface area contributed by atoms with Crippen LogP contribution in [0.25, 0.3) is 10.9 Å². The number of amides is 2. The zero-order valence-electron chi connectivity index (χ0n) is 22.3. The van der Waals surface area contributed by atoms with Crippen LogP contribution >= 0.6 is 0 Å². The third-order valence-corrected chi connectivity index (χ3v) is 5.98. The van der Waals surface area contributed by atoms with Gasteiger partial charge < -0.3 is 20.3 Å². The maximum Gasteiger partial charge on any atom is 0.412 e. The van der Waals surface area contributed by atoms with E-state index in [0.29, 0.717) is 23.9 Å². The predicted molar refractivity (Wildman–Crippen MR) is 145 cm³/mol. The van der Waals surface area contributed by atoms with Crippen molar-refractivity contribution >= 4 is 40.2 Å². The first kappa shape index (κ1) is 26.1. The number of hydrogen-bond donors (Lipinski definition) is 3. The molecule has 0 unspecified atom stereocenters.